The van der Waals surface area contributed by atoms with E-state index < -0.39 is 5.97 Å². The van der Waals surface area contributed by atoms with Crippen molar-refractivity contribution in [3.05, 3.63) is 77.9 Å². The van der Waals surface area contributed by atoms with Gasteiger partial charge in [0.15, 0.2) is 0 Å². The van der Waals surface area contributed by atoms with E-state index in [2.05, 4.69) is 59.5 Å². The van der Waals surface area contributed by atoms with E-state index in [1.54, 1.807) is 0 Å². The number of nitrogens with zero attached hydrogens (tertiary/aromatic N) is 1. The largest absolute Gasteiger partial charge is 0.494 e. The summed E-state index contributed by atoms with van der Waals surface area (Å²) in [6.07, 6.45) is 1.38. The van der Waals surface area contributed by atoms with Crippen LogP contribution in [0.2, 0.25) is 0 Å². The lowest BCUT2D eigenvalue weighted by atomic mass is 9.90. The Balaban J connectivity index is 1.69. The summed E-state index contributed by atoms with van der Waals surface area (Å²) in [5.74, 6) is -0.0325. The van der Waals surface area contributed by atoms with E-state index in [0.717, 1.165) is 18.8 Å². The molecule has 1 atom stereocenters. The van der Waals surface area contributed by atoms with Gasteiger partial charge < -0.3 is 9.84 Å². The van der Waals surface area contributed by atoms with Gasteiger partial charge in [0, 0.05) is 0 Å². The van der Waals surface area contributed by atoms with Crippen molar-refractivity contribution in [2.75, 3.05) is 19.7 Å². The van der Waals surface area contributed by atoms with Crippen LogP contribution in [-0.2, 0) is 4.79 Å². The summed E-state index contributed by atoms with van der Waals surface area (Å²) >= 11 is 0. The van der Waals surface area contributed by atoms with Crippen molar-refractivity contribution in [2.45, 2.75) is 25.8 Å². The Kier molecular flexibility index (Phi) is 5.81. The summed E-state index contributed by atoms with van der Waals surface area (Å²) in [4.78, 5) is 13.8. The van der Waals surface area contributed by atoms with Crippen molar-refractivity contribution < 1.29 is 14.6 Å². The second kappa shape index (κ2) is 8.66. The van der Waals surface area contributed by atoms with Gasteiger partial charge in [-0.1, -0.05) is 48.5 Å². The zero-order valence-corrected chi connectivity index (χ0v) is 16.8. The van der Waals surface area contributed by atoms with Crippen LogP contribution in [-0.4, -0.2) is 35.7 Å². The minimum atomic E-state index is -0.673. The van der Waals surface area contributed by atoms with E-state index in [0.29, 0.717) is 19.4 Å². The molecule has 3 aromatic carbocycles. The zero-order valence-electron chi connectivity index (χ0n) is 16.8. The monoisotopic (exact) mass is 389 g/mol. The van der Waals surface area contributed by atoms with Crippen molar-refractivity contribution in [3.8, 4) is 5.75 Å². The lowest BCUT2D eigenvalue weighted by Crippen LogP contribution is -2.39. The molecule has 0 amide bonds. The first-order chi connectivity index (χ1) is 14.2. The van der Waals surface area contributed by atoms with Gasteiger partial charge in [0.2, 0.25) is 0 Å². The number of aliphatic carboxylic acids is 1. The molecular formula is C25H27NO3. The van der Waals surface area contributed by atoms with Gasteiger partial charge in [0.05, 0.1) is 18.6 Å². The molecule has 3 aromatic rings. The summed E-state index contributed by atoms with van der Waals surface area (Å²) in [6.45, 7) is 4.19. The van der Waals surface area contributed by atoms with Crippen LogP contribution in [0.4, 0.5) is 0 Å². The molecule has 0 bridgehead atoms. The normalized spacial score (nSPS) is 16.6. The molecule has 1 heterocycles. The number of rotatable bonds is 6. The van der Waals surface area contributed by atoms with Gasteiger partial charge in [-0.15, -0.1) is 0 Å². The molecule has 1 unspecified atom stereocenters. The van der Waals surface area contributed by atoms with Gasteiger partial charge in [-0.3, -0.25) is 9.69 Å². The Morgan fingerprint density at radius 2 is 1.66 bits per heavy atom. The predicted octanol–water partition coefficient (Wildman–Crippen LogP) is 5.12. The third kappa shape index (κ3) is 4.28. The number of hydrogen-bond donors (Lipinski definition) is 1. The van der Waals surface area contributed by atoms with E-state index >= 15 is 0 Å². The Morgan fingerprint density at radius 1 is 1.00 bits per heavy atom. The summed E-state index contributed by atoms with van der Waals surface area (Å²) in [5, 5.41) is 11.8. The van der Waals surface area contributed by atoms with Crippen LogP contribution in [0, 0.1) is 5.92 Å². The molecule has 1 N–H and O–H groups in total. The number of benzene rings is 3. The predicted molar refractivity (Wildman–Crippen MR) is 115 cm³/mol. The summed E-state index contributed by atoms with van der Waals surface area (Å²) < 4.78 is 5.61. The van der Waals surface area contributed by atoms with Crippen molar-refractivity contribution in [3.63, 3.8) is 0 Å². The maximum atomic E-state index is 11.4. The summed E-state index contributed by atoms with van der Waals surface area (Å²) in [5.41, 5.74) is 2.44. The second-order valence-electron chi connectivity index (χ2n) is 7.66. The first kappa shape index (κ1) is 19.5. The standard InChI is InChI=1S/C25H27NO3/c1-2-29-23-11-9-19(10-12-23)24(26-15-13-20(14-16-26)25(27)28)22-8-7-18-5-3-4-6-21(18)17-22/h3-12,17,20,24H,2,13-16H2,1H3,(H,27,28). The Labute approximate surface area is 171 Å². The first-order valence-corrected chi connectivity index (χ1v) is 10.3. The van der Waals surface area contributed by atoms with Gasteiger partial charge >= 0.3 is 5.97 Å². The van der Waals surface area contributed by atoms with Crippen LogP contribution in [0.5, 0.6) is 5.75 Å². The number of carbonyl (C=O) groups is 1. The number of carboxylic acids is 1. The lowest BCUT2D eigenvalue weighted by Gasteiger charge is -2.37. The molecule has 29 heavy (non-hydrogen) atoms. The highest BCUT2D eigenvalue weighted by molar-refractivity contribution is 5.83. The van der Waals surface area contributed by atoms with Crippen molar-refractivity contribution >= 4 is 16.7 Å². The molecule has 0 spiro atoms. The van der Waals surface area contributed by atoms with Gasteiger partial charge in [0.25, 0.3) is 0 Å². The fourth-order valence-electron chi connectivity index (χ4n) is 4.31. The molecule has 0 aliphatic carbocycles. The van der Waals surface area contributed by atoms with Crippen molar-refractivity contribution in [1.29, 1.82) is 0 Å². The van der Waals surface area contributed by atoms with E-state index in [1.807, 2.05) is 19.1 Å². The highest BCUT2D eigenvalue weighted by Gasteiger charge is 2.30. The molecule has 1 aliphatic rings. The molecule has 0 radical (unpaired) electrons. The highest BCUT2D eigenvalue weighted by Crippen LogP contribution is 2.34. The van der Waals surface area contributed by atoms with Crippen LogP contribution in [0.25, 0.3) is 10.8 Å². The molecule has 1 aliphatic heterocycles. The van der Waals surface area contributed by atoms with E-state index in [9.17, 15) is 9.90 Å². The molecular weight excluding hydrogens is 362 g/mol. The molecule has 4 rings (SSSR count). The lowest BCUT2D eigenvalue weighted by molar-refractivity contribution is -0.143. The van der Waals surface area contributed by atoms with Gasteiger partial charge in [0.1, 0.15) is 5.75 Å². The van der Waals surface area contributed by atoms with Crippen LogP contribution in [0.1, 0.15) is 36.9 Å². The number of fused-ring (bicyclic) bond motifs is 1. The topological polar surface area (TPSA) is 49.8 Å². The Hall–Kier alpha value is -2.85. The fourth-order valence-corrected chi connectivity index (χ4v) is 4.31. The quantitative estimate of drug-likeness (QED) is 0.635. The van der Waals surface area contributed by atoms with Gasteiger partial charge in [-0.05, 0) is 73.0 Å². The van der Waals surface area contributed by atoms with E-state index in [-0.39, 0.29) is 12.0 Å². The molecule has 0 aromatic heterocycles. The highest BCUT2D eigenvalue weighted by atomic mass is 16.5. The van der Waals surface area contributed by atoms with Gasteiger partial charge in [-0.2, -0.15) is 0 Å². The Bertz CT molecular complexity index is 975. The van der Waals surface area contributed by atoms with Crippen molar-refractivity contribution in [1.82, 2.24) is 4.90 Å². The Morgan fingerprint density at radius 3 is 2.31 bits per heavy atom. The third-order valence-electron chi connectivity index (χ3n) is 5.84. The second-order valence-corrected chi connectivity index (χ2v) is 7.66. The molecule has 0 saturated carbocycles. The van der Waals surface area contributed by atoms with Crippen LogP contribution >= 0.6 is 0 Å². The molecule has 1 fully saturated rings. The summed E-state index contributed by atoms with van der Waals surface area (Å²) in [7, 11) is 0. The number of ether oxygens (including phenoxy) is 1. The minimum absolute atomic E-state index is 0.102. The summed E-state index contributed by atoms with van der Waals surface area (Å²) in [6, 6.07) is 23.5. The minimum Gasteiger partial charge on any atom is -0.494 e. The SMILES string of the molecule is CCOc1ccc(C(c2ccc3ccccc3c2)N2CCC(C(=O)O)CC2)cc1. The van der Waals surface area contributed by atoms with E-state index in [4.69, 9.17) is 4.74 Å². The van der Waals surface area contributed by atoms with Crippen LogP contribution in [0.3, 0.4) is 0 Å². The molecule has 4 heteroatoms. The average Bonchev–Trinajstić information content (AvgIpc) is 2.76. The zero-order chi connectivity index (χ0) is 20.2. The van der Waals surface area contributed by atoms with E-state index in [1.165, 1.54) is 21.9 Å². The molecule has 4 nitrogen and oxygen atoms in total. The van der Waals surface area contributed by atoms with Crippen LogP contribution in [0.15, 0.2) is 66.7 Å². The molecule has 150 valence electrons. The number of likely N-dealkylation sites (tertiary alicyclic amines) is 1. The third-order valence-corrected chi connectivity index (χ3v) is 5.84. The van der Waals surface area contributed by atoms with Crippen LogP contribution < -0.4 is 4.74 Å². The maximum absolute atomic E-state index is 11.4. The number of carboxylic acid groups (broad SMARTS) is 1. The van der Waals surface area contributed by atoms with Gasteiger partial charge in [-0.25, -0.2) is 0 Å². The maximum Gasteiger partial charge on any atom is 0.306 e. The average molecular weight is 389 g/mol. The van der Waals surface area contributed by atoms with Crippen molar-refractivity contribution in [2.24, 2.45) is 5.92 Å². The fraction of sp³-hybridized carbons (Fsp3) is 0.320. The number of hydrogen-bond acceptors (Lipinski definition) is 3. The molecule has 1 saturated heterocycles. The first-order valence-electron chi connectivity index (χ1n) is 10.3. The smallest absolute Gasteiger partial charge is 0.306 e. The number of piperidine rings is 1.